The number of benzene rings is 1. The lowest BCUT2D eigenvalue weighted by Gasteiger charge is -2.36. The van der Waals surface area contributed by atoms with Crippen LogP contribution in [0.5, 0.6) is 0 Å². The molecule has 1 aromatic carbocycles. The molecular formula is C33H33FN6O4S. The number of carbonyl (C=O) groups is 2. The van der Waals surface area contributed by atoms with Crippen LogP contribution >= 0.6 is 11.3 Å². The number of Topliss-reactive ketones (excluding diaryl/α,β-unsaturated/α-hetero) is 1. The highest BCUT2D eigenvalue weighted by molar-refractivity contribution is 7.15. The second kappa shape index (κ2) is 11.6. The summed E-state index contributed by atoms with van der Waals surface area (Å²) in [6.45, 7) is 9.53. The van der Waals surface area contributed by atoms with Crippen LogP contribution in [0.25, 0.3) is 27.2 Å². The molecule has 6 rings (SSSR count). The monoisotopic (exact) mass is 628 g/mol. The summed E-state index contributed by atoms with van der Waals surface area (Å²) in [5.41, 5.74) is 7.98. The third-order valence-corrected chi connectivity index (χ3v) is 8.63. The van der Waals surface area contributed by atoms with Crippen molar-refractivity contribution in [2.45, 2.75) is 58.9 Å². The average Bonchev–Trinajstić information content (AvgIpc) is 3.61. The topological polar surface area (TPSA) is 134 Å². The van der Waals surface area contributed by atoms with E-state index in [1.54, 1.807) is 43.7 Å². The fraction of sp³-hybridized carbons (Fsp3) is 0.303. The number of halogens is 1. The van der Waals surface area contributed by atoms with Crippen molar-refractivity contribution in [1.29, 1.82) is 0 Å². The van der Waals surface area contributed by atoms with Crippen LogP contribution in [0.2, 0.25) is 0 Å². The van der Waals surface area contributed by atoms with Crippen LogP contribution in [0.4, 0.5) is 15.0 Å². The lowest BCUT2D eigenvalue weighted by molar-refractivity contribution is -0.113. The van der Waals surface area contributed by atoms with Crippen LogP contribution in [0, 0.1) is 11.7 Å². The summed E-state index contributed by atoms with van der Waals surface area (Å²) in [5, 5.41) is 8.27. The van der Waals surface area contributed by atoms with E-state index in [-0.39, 0.29) is 29.6 Å². The number of nitrogens with one attached hydrogen (secondary N) is 1. The molecule has 3 N–H and O–H groups in total. The van der Waals surface area contributed by atoms with E-state index in [0.29, 0.717) is 33.6 Å². The van der Waals surface area contributed by atoms with E-state index in [2.05, 4.69) is 15.3 Å². The lowest BCUT2D eigenvalue weighted by Crippen LogP contribution is -2.36. The van der Waals surface area contributed by atoms with Crippen molar-refractivity contribution in [2.24, 2.45) is 5.92 Å². The number of hydrogen-bond donors (Lipinski definition) is 2. The van der Waals surface area contributed by atoms with Crippen molar-refractivity contribution in [3.05, 3.63) is 88.5 Å². The molecule has 0 saturated carbocycles. The number of aromatic nitrogens is 4. The summed E-state index contributed by atoms with van der Waals surface area (Å²) in [6.07, 6.45) is 5.94. The zero-order chi connectivity index (χ0) is 32.0. The van der Waals surface area contributed by atoms with Gasteiger partial charge in [-0.15, -0.1) is 11.3 Å². The summed E-state index contributed by atoms with van der Waals surface area (Å²) >= 11 is 1.43. The van der Waals surface area contributed by atoms with Crippen molar-refractivity contribution in [3.8, 4) is 10.6 Å². The van der Waals surface area contributed by atoms with Crippen LogP contribution in [0.1, 0.15) is 51.1 Å². The molecule has 45 heavy (non-hydrogen) atoms. The Morgan fingerprint density at radius 1 is 1.24 bits per heavy atom. The lowest BCUT2D eigenvalue weighted by atomic mass is 9.82. The van der Waals surface area contributed by atoms with Gasteiger partial charge in [-0.05, 0) is 57.5 Å². The van der Waals surface area contributed by atoms with Crippen molar-refractivity contribution in [3.63, 3.8) is 0 Å². The van der Waals surface area contributed by atoms with E-state index in [1.165, 1.54) is 29.8 Å². The minimum absolute atomic E-state index is 0.0630. The minimum Gasteiger partial charge on any atom is -0.486 e. The molecule has 3 atom stereocenters. The number of rotatable bonds is 6. The Morgan fingerprint density at radius 2 is 2.04 bits per heavy atom. The second-order valence-electron chi connectivity index (χ2n) is 12.0. The van der Waals surface area contributed by atoms with Crippen LogP contribution in [0.15, 0.2) is 72.3 Å². The molecule has 0 bridgehead atoms. The molecule has 0 radical (unpaired) electrons. The molecule has 4 heterocycles. The average molecular weight is 629 g/mol. The summed E-state index contributed by atoms with van der Waals surface area (Å²) in [4.78, 5) is 36.6. The number of alkyl carbamates (subject to hydrolysis) is 1. The van der Waals surface area contributed by atoms with Crippen LogP contribution in [0.3, 0.4) is 0 Å². The fourth-order valence-corrected chi connectivity index (χ4v) is 6.43. The van der Waals surface area contributed by atoms with Crippen molar-refractivity contribution in [2.75, 3.05) is 5.73 Å². The number of hydrogen-bond acceptors (Lipinski definition) is 9. The second-order valence-corrected chi connectivity index (χ2v) is 13.2. The molecule has 0 fully saturated rings. The maximum absolute atomic E-state index is 14.4. The molecule has 2 aliphatic rings. The summed E-state index contributed by atoms with van der Waals surface area (Å²) < 4.78 is 28.1. The number of anilines is 1. The number of nitrogens with zero attached hydrogens (tertiary/aromatic N) is 4. The minimum atomic E-state index is -0.634. The number of ketones is 1. The number of nitrogens with two attached hydrogens (primary N) is 1. The van der Waals surface area contributed by atoms with Crippen molar-refractivity contribution < 1.29 is 23.5 Å². The fourth-order valence-electron chi connectivity index (χ4n) is 5.49. The van der Waals surface area contributed by atoms with E-state index < -0.39 is 29.7 Å². The summed E-state index contributed by atoms with van der Waals surface area (Å²) in [7, 11) is 0. The van der Waals surface area contributed by atoms with Crippen molar-refractivity contribution >= 4 is 45.6 Å². The Morgan fingerprint density at radius 3 is 2.80 bits per heavy atom. The van der Waals surface area contributed by atoms with E-state index in [1.807, 2.05) is 38.1 Å². The molecule has 12 heteroatoms. The molecule has 1 aliphatic heterocycles. The van der Waals surface area contributed by atoms with E-state index in [4.69, 9.17) is 20.3 Å². The Hall–Kier alpha value is -4.84. The summed E-state index contributed by atoms with van der Waals surface area (Å²) in [6, 6.07) is 9.08. The first-order chi connectivity index (χ1) is 21.4. The van der Waals surface area contributed by atoms with Gasteiger partial charge in [0.15, 0.2) is 11.4 Å². The predicted octanol–water partition coefficient (Wildman–Crippen LogP) is 6.37. The zero-order valence-electron chi connectivity index (χ0n) is 25.5. The van der Waals surface area contributed by atoms with Gasteiger partial charge in [0.25, 0.3) is 0 Å². The van der Waals surface area contributed by atoms with Crippen LogP contribution in [-0.4, -0.2) is 43.3 Å². The van der Waals surface area contributed by atoms with Crippen molar-refractivity contribution in [1.82, 2.24) is 25.1 Å². The maximum atomic E-state index is 14.4. The predicted molar refractivity (Wildman–Crippen MR) is 170 cm³/mol. The molecule has 3 unspecified atom stereocenters. The normalized spacial score (nSPS) is 18.8. The van der Waals surface area contributed by atoms with E-state index in [0.717, 1.165) is 9.75 Å². The van der Waals surface area contributed by atoms with Gasteiger partial charge in [-0.1, -0.05) is 37.3 Å². The Balaban J connectivity index is 1.42. The molecule has 232 valence electrons. The Labute approximate surface area is 263 Å². The number of allylic oxidation sites excluding steroid dienone is 4. The number of amides is 1. The number of ether oxygens (including phenoxy) is 2. The van der Waals surface area contributed by atoms with Crippen LogP contribution < -0.4 is 11.1 Å². The Kier molecular flexibility index (Phi) is 7.77. The number of thiophene rings is 1. The van der Waals surface area contributed by atoms with Gasteiger partial charge in [-0.3, -0.25) is 4.79 Å². The first-order valence-electron chi connectivity index (χ1n) is 14.6. The largest absolute Gasteiger partial charge is 0.486 e. The molecule has 1 amide bonds. The van der Waals surface area contributed by atoms with Crippen LogP contribution in [-0.2, 0) is 20.8 Å². The van der Waals surface area contributed by atoms with Gasteiger partial charge in [0.2, 0.25) is 0 Å². The quantitative estimate of drug-likeness (QED) is 0.252. The third-order valence-electron chi connectivity index (χ3n) is 7.54. The van der Waals surface area contributed by atoms with Gasteiger partial charge in [0, 0.05) is 16.4 Å². The van der Waals surface area contributed by atoms with Gasteiger partial charge in [0.1, 0.15) is 47.2 Å². The van der Waals surface area contributed by atoms with E-state index >= 15 is 0 Å². The smallest absolute Gasteiger partial charge is 0.407 e. The Bertz CT molecular complexity index is 1920. The first kappa shape index (κ1) is 30.2. The molecule has 0 saturated heterocycles. The zero-order valence-corrected chi connectivity index (χ0v) is 26.3. The maximum Gasteiger partial charge on any atom is 0.407 e. The standard InChI is InChI=1S/C33H33FN6O4S/c1-17-8-6-11-22-27(41)24(19-9-7-10-20(34)14-19)29(43-28(17)22)18(2)40-31-25(30(35)37-16-38-31)26(39-40)23-13-12-21(45-23)15-36-32(42)44-33(3,4)5/h6-14,16-18,28H,15H2,1-5H3,(H,36,42)(H2,35,37,38). The van der Waals surface area contributed by atoms with Gasteiger partial charge in [-0.25, -0.2) is 23.8 Å². The van der Waals surface area contributed by atoms with Gasteiger partial charge in [-0.2, -0.15) is 5.10 Å². The highest BCUT2D eigenvalue weighted by Crippen LogP contribution is 2.43. The molecule has 4 aromatic rings. The van der Waals surface area contributed by atoms with Gasteiger partial charge in [0.05, 0.1) is 22.4 Å². The molecule has 3 aromatic heterocycles. The SMILES string of the molecule is CC1C=CC=C2C(=O)C(c3cccc(F)c3)=C(C(C)n3nc(-c4ccc(CNC(=O)OC(C)(C)C)s4)c4c(N)ncnc43)OC21. The third kappa shape index (κ3) is 5.85. The van der Waals surface area contributed by atoms with E-state index in [9.17, 15) is 14.0 Å². The van der Waals surface area contributed by atoms with Gasteiger partial charge < -0.3 is 20.5 Å². The highest BCUT2D eigenvalue weighted by atomic mass is 32.1. The molecule has 10 nitrogen and oxygen atoms in total. The summed E-state index contributed by atoms with van der Waals surface area (Å²) in [5.74, 6) is -0.147. The molecular weight excluding hydrogens is 595 g/mol. The number of carbonyl (C=O) groups excluding carboxylic acids is 2. The highest BCUT2D eigenvalue weighted by Gasteiger charge is 2.40. The first-order valence-corrected chi connectivity index (χ1v) is 15.4. The molecule has 0 spiro atoms. The molecule has 1 aliphatic carbocycles. The number of fused-ring (bicyclic) bond motifs is 2. The number of nitrogen functional groups attached to an aromatic ring is 1. The van der Waals surface area contributed by atoms with Gasteiger partial charge >= 0.3 is 6.09 Å².